The molecule has 0 aliphatic carbocycles. The highest BCUT2D eigenvalue weighted by Gasteiger charge is 2.49. The van der Waals surface area contributed by atoms with Gasteiger partial charge in [0.25, 0.3) is 0 Å². The van der Waals surface area contributed by atoms with E-state index in [-0.39, 0.29) is 0 Å². The SMILES string of the molecule is CCCCCOc1cc2c(cc1C)[Si](c1ccncc1)(c1ccncc1)c1cc(C)c(OCCCCC)cc1-2. The molecular weight excluding hydrogens is 496 g/mol. The normalized spacial score (nSPS) is 13.1. The van der Waals surface area contributed by atoms with Crippen LogP contribution in [-0.2, 0) is 0 Å². The Morgan fingerprint density at radius 1 is 0.590 bits per heavy atom. The van der Waals surface area contributed by atoms with E-state index in [0.29, 0.717) is 0 Å². The molecule has 3 heterocycles. The number of benzene rings is 2. The molecule has 0 fully saturated rings. The molecule has 4 aromatic rings. The lowest BCUT2D eigenvalue weighted by molar-refractivity contribution is 0.304. The zero-order valence-electron chi connectivity index (χ0n) is 23.8. The summed E-state index contributed by atoms with van der Waals surface area (Å²) in [6.45, 7) is 10.3. The summed E-state index contributed by atoms with van der Waals surface area (Å²) in [5.41, 5.74) is 4.90. The van der Waals surface area contributed by atoms with Gasteiger partial charge in [0.05, 0.1) is 13.2 Å². The van der Waals surface area contributed by atoms with Crippen LogP contribution in [0.4, 0.5) is 0 Å². The predicted octanol–water partition coefficient (Wildman–Crippen LogP) is 5.59. The number of aryl methyl sites for hydroxylation is 2. The van der Waals surface area contributed by atoms with Crippen LogP contribution >= 0.6 is 0 Å². The molecule has 1 aliphatic heterocycles. The molecule has 0 saturated heterocycles. The second-order valence-electron chi connectivity index (χ2n) is 10.7. The summed E-state index contributed by atoms with van der Waals surface area (Å²) in [6.07, 6.45) is 14.6. The molecule has 39 heavy (non-hydrogen) atoms. The number of aromatic nitrogens is 2. The molecule has 0 bridgehead atoms. The van der Waals surface area contributed by atoms with Crippen LogP contribution in [0.2, 0.25) is 0 Å². The Bertz CT molecular complexity index is 1300. The maximum Gasteiger partial charge on any atom is 0.181 e. The van der Waals surface area contributed by atoms with E-state index in [2.05, 4.69) is 86.2 Å². The number of hydrogen-bond acceptors (Lipinski definition) is 4. The third kappa shape index (κ3) is 5.12. The summed E-state index contributed by atoms with van der Waals surface area (Å²) in [5, 5.41) is 5.46. The van der Waals surface area contributed by atoms with Crippen LogP contribution in [0.15, 0.2) is 73.3 Å². The van der Waals surface area contributed by atoms with Crippen molar-refractivity contribution in [2.45, 2.75) is 66.2 Å². The maximum absolute atomic E-state index is 6.37. The van der Waals surface area contributed by atoms with E-state index in [4.69, 9.17) is 9.47 Å². The van der Waals surface area contributed by atoms with Gasteiger partial charge in [-0.1, -0.05) is 51.7 Å². The highest BCUT2D eigenvalue weighted by atomic mass is 28.3. The first-order chi connectivity index (χ1) is 19.1. The van der Waals surface area contributed by atoms with Gasteiger partial charge < -0.3 is 9.47 Å². The predicted molar refractivity (Wildman–Crippen MR) is 164 cm³/mol. The fraction of sp³-hybridized carbons (Fsp3) is 0.353. The van der Waals surface area contributed by atoms with Gasteiger partial charge in [0, 0.05) is 24.8 Å². The first kappa shape index (κ1) is 27.1. The van der Waals surface area contributed by atoms with Crippen LogP contribution in [-0.4, -0.2) is 31.3 Å². The van der Waals surface area contributed by atoms with E-state index in [1.807, 2.05) is 24.8 Å². The third-order valence-corrected chi connectivity index (χ3v) is 12.8. The monoisotopic (exact) mass is 536 g/mol. The third-order valence-electron chi connectivity index (χ3n) is 7.97. The highest BCUT2D eigenvalue weighted by Crippen LogP contribution is 2.36. The van der Waals surface area contributed by atoms with Crippen LogP contribution in [0.25, 0.3) is 11.1 Å². The molecule has 0 amide bonds. The average Bonchev–Trinajstić information content (AvgIpc) is 3.23. The fourth-order valence-corrected chi connectivity index (χ4v) is 11.2. The van der Waals surface area contributed by atoms with E-state index in [1.54, 1.807) is 0 Å². The van der Waals surface area contributed by atoms with Crippen LogP contribution < -0.4 is 30.2 Å². The number of ether oxygens (including phenoxy) is 2. The highest BCUT2D eigenvalue weighted by molar-refractivity contribution is 7.22. The Balaban J connectivity index is 1.73. The van der Waals surface area contributed by atoms with Crippen molar-refractivity contribution >= 4 is 28.8 Å². The molecule has 4 nitrogen and oxygen atoms in total. The number of pyridine rings is 2. The van der Waals surface area contributed by atoms with Gasteiger partial charge in [-0.05, 0) is 106 Å². The van der Waals surface area contributed by atoms with Crippen molar-refractivity contribution in [3.8, 4) is 22.6 Å². The van der Waals surface area contributed by atoms with E-state index in [0.717, 1.165) is 37.6 Å². The summed E-state index contributed by atoms with van der Waals surface area (Å²) in [6, 6.07) is 18.2. The first-order valence-electron chi connectivity index (χ1n) is 14.5. The van der Waals surface area contributed by atoms with Crippen molar-refractivity contribution in [3.63, 3.8) is 0 Å². The number of fused-ring (bicyclic) bond motifs is 3. The Morgan fingerprint density at radius 3 is 1.38 bits per heavy atom. The molecule has 2 aromatic carbocycles. The van der Waals surface area contributed by atoms with Gasteiger partial charge >= 0.3 is 0 Å². The molecule has 202 valence electrons. The van der Waals surface area contributed by atoms with Gasteiger partial charge in [-0.3, -0.25) is 9.97 Å². The van der Waals surface area contributed by atoms with Crippen LogP contribution in [0.3, 0.4) is 0 Å². The lowest BCUT2D eigenvalue weighted by atomic mass is 10.0. The summed E-state index contributed by atoms with van der Waals surface area (Å²) in [5.74, 6) is 1.96. The van der Waals surface area contributed by atoms with Crippen LogP contribution in [0.5, 0.6) is 11.5 Å². The van der Waals surface area contributed by atoms with Gasteiger partial charge in [-0.2, -0.15) is 0 Å². The van der Waals surface area contributed by atoms with E-state index in [9.17, 15) is 0 Å². The quantitative estimate of drug-likeness (QED) is 0.154. The van der Waals surface area contributed by atoms with Gasteiger partial charge in [-0.25, -0.2) is 0 Å². The zero-order valence-corrected chi connectivity index (χ0v) is 24.8. The Morgan fingerprint density at radius 2 is 1.00 bits per heavy atom. The minimum absolute atomic E-state index is 0.747. The topological polar surface area (TPSA) is 44.2 Å². The summed E-state index contributed by atoms with van der Waals surface area (Å²) < 4.78 is 12.7. The Labute approximate surface area is 234 Å². The number of rotatable bonds is 12. The smallest absolute Gasteiger partial charge is 0.181 e. The van der Waals surface area contributed by atoms with Crippen molar-refractivity contribution < 1.29 is 9.47 Å². The molecule has 5 heteroatoms. The Hall–Kier alpha value is -3.44. The fourth-order valence-electron chi connectivity index (χ4n) is 5.96. The largest absolute Gasteiger partial charge is 0.493 e. The standard InChI is InChI=1S/C34H40N2O2Si/c1-5-7-9-19-37-31-23-29-30-24-32(38-20-10-8-6-2)26(4)22-34(30)39(33(29)21-25(31)3,27-11-15-35-16-12-27)28-13-17-36-18-14-28/h11-18,21-24H,5-10,19-20H2,1-4H3. The lowest BCUT2D eigenvalue weighted by Gasteiger charge is -2.31. The van der Waals surface area contributed by atoms with Crippen LogP contribution in [0.1, 0.15) is 63.5 Å². The van der Waals surface area contributed by atoms with Crippen LogP contribution in [0, 0.1) is 13.8 Å². The molecule has 0 spiro atoms. The average molecular weight is 537 g/mol. The molecule has 0 radical (unpaired) electrons. The minimum atomic E-state index is -2.61. The molecule has 0 unspecified atom stereocenters. The molecule has 1 aliphatic rings. The van der Waals surface area contributed by atoms with E-state index >= 15 is 0 Å². The zero-order chi connectivity index (χ0) is 27.2. The lowest BCUT2D eigenvalue weighted by Crippen LogP contribution is -2.73. The first-order valence-corrected chi connectivity index (χ1v) is 16.5. The molecule has 0 atom stereocenters. The van der Waals surface area contributed by atoms with Gasteiger partial charge in [0.15, 0.2) is 8.07 Å². The number of nitrogens with zero attached hydrogens (tertiary/aromatic N) is 2. The van der Waals surface area contributed by atoms with Gasteiger partial charge in [-0.15, -0.1) is 0 Å². The molecule has 5 rings (SSSR count). The summed E-state index contributed by atoms with van der Waals surface area (Å²) in [4.78, 5) is 8.77. The molecule has 0 saturated carbocycles. The van der Waals surface area contributed by atoms with Gasteiger partial charge in [0.2, 0.25) is 0 Å². The molecule has 2 aromatic heterocycles. The maximum atomic E-state index is 6.37. The van der Waals surface area contributed by atoms with Crippen molar-refractivity contribution in [1.82, 2.24) is 9.97 Å². The molecule has 0 N–H and O–H groups in total. The van der Waals surface area contributed by atoms with E-state index < -0.39 is 8.07 Å². The van der Waals surface area contributed by atoms with Crippen molar-refractivity contribution in [3.05, 3.63) is 84.4 Å². The van der Waals surface area contributed by atoms with E-state index in [1.165, 1.54) is 68.7 Å². The summed E-state index contributed by atoms with van der Waals surface area (Å²) in [7, 11) is -2.61. The number of hydrogen-bond donors (Lipinski definition) is 0. The van der Waals surface area contributed by atoms with Crippen molar-refractivity contribution in [1.29, 1.82) is 0 Å². The van der Waals surface area contributed by atoms with Crippen molar-refractivity contribution in [2.24, 2.45) is 0 Å². The second-order valence-corrected chi connectivity index (χ2v) is 14.4. The minimum Gasteiger partial charge on any atom is -0.493 e. The molecular formula is C34H40N2O2Si. The number of unbranched alkanes of at least 4 members (excludes halogenated alkanes) is 4. The second kappa shape index (κ2) is 12.2. The van der Waals surface area contributed by atoms with Crippen molar-refractivity contribution in [2.75, 3.05) is 13.2 Å². The van der Waals surface area contributed by atoms with Gasteiger partial charge in [0.1, 0.15) is 11.5 Å². The Kier molecular flexibility index (Phi) is 8.46. The summed E-state index contributed by atoms with van der Waals surface area (Å²) >= 11 is 0.